The number of rotatable bonds is 7. The number of hydrogen-bond acceptors (Lipinski definition) is 7. The van der Waals surface area contributed by atoms with Crippen LogP contribution in [-0.4, -0.2) is 28.1 Å². The lowest BCUT2D eigenvalue weighted by atomic mass is 10.2. The third-order valence-electron chi connectivity index (χ3n) is 4.25. The molecule has 0 aliphatic heterocycles. The topological polar surface area (TPSA) is 99.4 Å². The monoisotopic (exact) mass is 402 g/mol. The number of ether oxygens (including phenoxy) is 2. The third-order valence-corrected chi connectivity index (χ3v) is 4.25. The van der Waals surface area contributed by atoms with Gasteiger partial charge < -0.3 is 19.3 Å². The Morgan fingerprint density at radius 1 is 1.03 bits per heavy atom. The molecule has 150 valence electrons. The van der Waals surface area contributed by atoms with Crippen molar-refractivity contribution in [1.29, 1.82) is 0 Å². The van der Waals surface area contributed by atoms with Gasteiger partial charge in [0.1, 0.15) is 6.61 Å². The molecule has 0 fully saturated rings. The first-order valence-corrected chi connectivity index (χ1v) is 9.11. The van der Waals surface area contributed by atoms with Gasteiger partial charge in [0.25, 0.3) is 5.91 Å². The molecule has 3 heterocycles. The molecular weight excluding hydrogens is 384 g/mol. The number of nitrogens with one attached hydrogen (secondary N) is 1. The zero-order valence-electron chi connectivity index (χ0n) is 16.1. The normalized spacial score (nSPS) is 10.4. The fraction of sp³-hybridized carbons (Fsp3) is 0.0909. The number of methoxy groups -OCH3 is 1. The Balaban J connectivity index is 1.47. The highest BCUT2D eigenvalue weighted by atomic mass is 16.5. The number of hydrogen-bond donors (Lipinski definition) is 1. The highest BCUT2D eigenvalue weighted by Gasteiger charge is 2.15. The maximum atomic E-state index is 12.6. The first-order chi connectivity index (χ1) is 14.7. The predicted octanol–water partition coefficient (Wildman–Crippen LogP) is 3.97. The van der Waals surface area contributed by atoms with E-state index in [-0.39, 0.29) is 5.69 Å². The van der Waals surface area contributed by atoms with E-state index in [1.165, 1.54) is 0 Å². The fourth-order valence-electron chi connectivity index (χ4n) is 2.74. The zero-order valence-corrected chi connectivity index (χ0v) is 16.1. The Kier molecular flexibility index (Phi) is 5.66. The smallest absolute Gasteiger partial charge is 0.277 e. The second-order valence-corrected chi connectivity index (χ2v) is 6.28. The molecule has 4 rings (SSSR count). The molecule has 0 aliphatic rings. The molecule has 30 heavy (non-hydrogen) atoms. The lowest BCUT2D eigenvalue weighted by molar-refractivity contribution is 0.101. The maximum Gasteiger partial charge on any atom is 0.277 e. The second kappa shape index (κ2) is 8.87. The number of benzene rings is 1. The van der Waals surface area contributed by atoms with Crippen LogP contribution >= 0.6 is 0 Å². The number of pyridine rings is 2. The lowest BCUT2D eigenvalue weighted by Gasteiger charge is -2.12. The molecule has 0 saturated carbocycles. The van der Waals surface area contributed by atoms with E-state index in [0.29, 0.717) is 29.6 Å². The molecule has 0 aliphatic carbocycles. The molecule has 0 saturated heterocycles. The van der Waals surface area contributed by atoms with E-state index in [9.17, 15) is 4.79 Å². The molecule has 8 nitrogen and oxygen atoms in total. The second-order valence-electron chi connectivity index (χ2n) is 6.28. The molecule has 4 aromatic rings. The molecule has 8 heteroatoms. The van der Waals surface area contributed by atoms with Crippen molar-refractivity contribution >= 4 is 11.6 Å². The summed E-state index contributed by atoms with van der Waals surface area (Å²) in [5.41, 5.74) is 2.40. The first kappa shape index (κ1) is 19.1. The van der Waals surface area contributed by atoms with Crippen LogP contribution in [-0.2, 0) is 6.61 Å². The fourth-order valence-corrected chi connectivity index (χ4v) is 2.74. The van der Waals surface area contributed by atoms with Gasteiger partial charge in [-0.3, -0.25) is 14.8 Å². The van der Waals surface area contributed by atoms with Crippen molar-refractivity contribution in [1.82, 2.24) is 15.1 Å². The van der Waals surface area contributed by atoms with E-state index in [4.69, 9.17) is 14.0 Å². The van der Waals surface area contributed by atoms with Crippen molar-refractivity contribution < 1.29 is 18.8 Å². The van der Waals surface area contributed by atoms with Crippen LogP contribution < -0.4 is 14.8 Å². The minimum Gasteiger partial charge on any atom is -0.493 e. The summed E-state index contributed by atoms with van der Waals surface area (Å²) < 4.78 is 16.5. The van der Waals surface area contributed by atoms with Crippen molar-refractivity contribution in [2.45, 2.75) is 6.61 Å². The van der Waals surface area contributed by atoms with Crippen LogP contribution in [0.3, 0.4) is 0 Å². The summed E-state index contributed by atoms with van der Waals surface area (Å²) in [7, 11) is 1.56. The lowest BCUT2D eigenvalue weighted by Crippen LogP contribution is -2.12. The highest BCUT2D eigenvalue weighted by molar-refractivity contribution is 6.03. The van der Waals surface area contributed by atoms with Gasteiger partial charge >= 0.3 is 0 Å². The minimum atomic E-state index is -0.401. The van der Waals surface area contributed by atoms with Gasteiger partial charge in [-0.15, -0.1) is 0 Å². The van der Waals surface area contributed by atoms with Crippen molar-refractivity contribution in [2.75, 3.05) is 12.4 Å². The summed E-state index contributed by atoms with van der Waals surface area (Å²) >= 11 is 0. The number of nitrogens with zero attached hydrogens (tertiary/aromatic N) is 3. The predicted molar refractivity (Wildman–Crippen MR) is 109 cm³/mol. The van der Waals surface area contributed by atoms with Gasteiger partial charge in [-0.25, -0.2) is 0 Å². The van der Waals surface area contributed by atoms with Crippen LogP contribution in [0.2, 0.25) is 0 Å². The summed E-state index contributed by atoms with van der Waals surface area (Å²) in [5.74, 6) is 1.13. The molecule has 0 radical (unpaired) electrons. The number of amides is 1. The number of aromatic nitrogens is 3. The SMILES string of the molecule is COc1ccc(NC(=O)c2cc(-c3ccncc3)on2)cc1OCc1cccnc1. The molecule has 0 spiro atoms. The van der Waals surface area contributed by atoms with Gasteiger partial charge in [-0.2, -0.15) is 0 Å². The minimum absolute atomic E-state index is 0.162. The zero-order chi connectivity index (χ0) is 20.8. The van der Waals surface area contributed by atoms with Crippen molar-refractivity contribution in [3.63, 3.8) is 0 Å². The Hall–Kier alpha value is -4.20. The molecule has 1 amide bonds. The van der Waals surface area contributed by atoms with Crippen LogP contribution in [0, 0.1) is 0 Å². The standard InChI is InChI=1S/C22H18N4O4/c1-28-19-5-4-17(11-21(19)29-14-15-3-2-8-24-13-15)25-22(27)18-12-20(30-26-18)16-6-9-23-10-7-16/h2-13H,14H2,1H3,(H,25,27). The quantitative estimate of drug-likeness (QED) is 0.499. The van der Waals surface area contributed by atoms with Gasteiger partial charge in [0.15, 0.2) is 23.0 Å². The molecule has 3 aromatic heterocycles. The molecule has 1 aromatic carbocycles. The van der Waals surface area contributed by atoms with Gasteiger partial charge in [-0.05, 0) is 30.3 Å². The number of anilines is 1. The van der Waals surface area contributed by atoms with E-state index in [1.807, 2.05) is 12.1 Å². The summed E-state index contributed by atoms with van der Waals surface area (Å²) in [6.07, 6.45) is 6.71. The van der Waals surface area contributed by atoms with Gasteiger partial charge in [0.2, 0.25) is 0 Å². The highest BCUT2D eigenvalue weighted by Crippen LogP contribution is 2.31. The number of carbonyl (C=O) groups is 1. The van der Waals surface area contributed by atoms with Crippen LogP contribution in [0.5, 0.6) is 11.5 Å². The molecule has 0 atom stereocenters. The molecule has 0 bridgehead atoms. The van der Waals surface area contributed by atoms with Crippen LogP contribution in [0.4, 0.5) is 5.69 Å². The van der Waals surface area contributed by atoms with Crippen LogP contribution in [0.1, 0.15) is 16.1 Å². The summed E-state index contributed by atoms with van der Waals surface area (Å²) in [4.78, 5) is 20.6. The van der Waals surface area contributed by atoms with Crippen molar-refractivity contribution in [3.8, 4) is 22.8 Å². The maximum absolute atomic E-state index is 12.6. The van der Waals surface area contributed by atoms with E-state index in [2.05, 4.69) is 20.4 Å². The van der Waals surface area contributed by atoms with E-state index in [1.54, 1.807) is 68.3 Å². The van der Waals surface area contributed by atoms with Crippen molar-refractivity contribution in [2.24, 2.45) is 0 Å². The summed E-state index contributed by atoms with van der Waals surface area (Å²) in [6, 6.07) is 14.0. The molecular formula is C22H18N4O4. The molecule has 0 unspecified atom stereocenters. The van der Waals surface area contributed by atoms with E-state index < -0.39 is 5.91 Å². The van der Waals surface area contributed by atoms with Crippen LogP contribution in [0.25, 0.3) is 11.3 Å². The number of carbonyl (C=O) groups excluding carboxylic acids is 1. The molecule has 1 N–H and O–H groups in total. The Morgan fingerprint density at radius 3 is 2.67 bits per heavy atom. The third kappa shape index (κ3) is 4.44. The largest absolute Gasteiger partial charge is 0.493 e. The summed E-state index contributed by atoms with van der Waals surface area (Å²) in [6.45, 7) is 0.320. The average Bonchev–Trinajstić information content (AvgIpc) is 3.30. The van der Waals surface area contributed by atoms with Gasteiger partial charge in [-0.1, -0.05) is 11.2 Å². The van der Waals surface area contributed by atoms with E-state index >= 15 is 0 Å². The van der Waals surface area contributed by atoms with Crippen molar-refractivity contribution in [3.05, 3.63) is 84.6 Å². The Bertz CT molecular complexity index is 1130. The van der Waals surface area contributed by atoms with Crippen LogP contribution in [0.15, 0.2) is 77.8 Å². The Morgan fingerprint density at radius 2 is 1.90 bits per heavy atom. The van der Waals surface area contributed by atoms with E-state index in [0.717, 1.165) is 11.1 Å². The van der Waals surface area contributed by atoms with Gasteiger partial charge in [0, 0.05) is 53.7 Å². The first-order valence-electron chi connectivity index (χ1n) is 9.11. The average molecular weight is 402 g/mol. The summed E-state index contributed by atoms with van der Waals surface area (Å²) in [5, 5.41) is 6.64. The van der Waals surface area contributed by atoms with Gasteiger partial charge in [0.05, 0.1) is 7.11 Å². The Labute approximate surface area is 172 Å².